The van der Waals surface area contributed by atoms with Gasteiger partial charge in [0.15, 0.2) is 0 Å². The van der Waals surface area contributed by atoms with Crippen LogP contribution in [0.4, 0.5) is 19.0 Å². The Hall–Kier alpha value is -2.19. The second kappa shape index (κ2) is 5.43. The van der Waals surface area contributed by atoms with E-state index < -0.39 is 46.6 Å². The van der Waals surface area contributed by atoms with Crippen LogP contribution < -0.4 is 0 Å². The molecular formula is C9H7F3N2O4. The molecule has 6 nitrogen and oxygen atoms in total. The summed E-state index contributed by atoms with van der Waals surface area (Å²) < 4.78 is 42.6. The van der Waals surface area contributed by atoms with Crippen molar-refractivity contribution >= 4 is 11.8 Å². The first-order valence-electron chi connectivity index (χ1n) is 4.55. The van der Waals surface area contributed by atoms with Gasteiger partial charge < -0.3 is 14.9 Å². The Morgan fingerprint density at radius 3 is 2.67 bits per heavy atom. The summed E-state index contributed by atoms with van der Waals surface area (Å²) in [6.07, 6.45) is -3.80. The molecule has 0 spiro atoms. The molecule has 9 heteroatoms. The summed E-state index contributed by atoms with van der Waals surface area (Å²) in [6, 6.07) is 0.601. The first-order valence-corrected chi connectivity index (χ1v) is 4.55. The van der Waals surface area contributed by atoms with Crippen molar-refractivity contribution < 1.29 is 27.6 Å². The normalized spacial score (nSPS) is 10.5. The summed E-state index contributed by atoms with van der Waals surface area (Å²) in [5, 5.41) is 10.4. The van der Waals surface area contributed by atoms with Gasteiger partial charge in [-0.1, -0.05) is 0 Å². The smallest absolute Gasteiger partial charge is 0.400 e. The van der Waals surface area contributed by atoms with Crippen molar-refractivity contribution in [2.75, 3.05) is 7.11 Å². The first-order chi connectivity index (χ1) is 8.36. The van der Waals surface area contributed by atoms with Crippen LogP contribution >= 0.6 is 0 Å². The molecule has 0 aliphatic rings. The average Bonchev–Trinajstić information content (AvgIpc) is 2.30. The van der Waals surface area contributed by atoms with Gasteiger partial charge in [-0.05, 0) is 16.0 Å². The lowest BCUT2D eigenvalue weighted by molar-refractivity contribution is -0.392. The number of methoxy groups -OCH3 is 1. The molecule has 0 bridgehead atoms. The van der Waals surface area contributed by atoms with Gasteiger partial charge in [0.1, 0.15) is 0 Å². The van der Waals surface area contributed by atoms with E-state index in [9.17, 15) is 28.1 Å². The van der Waals surface area contributed by atoms with Crippen LogP contribution in [0, 0.1) is 15.9 Å². The molecule has 0 radical (unpaired) electrons. The van der Waals surface area contributed by atoms with Gasteiger partial charge in [0, 0.05) is 5.56 Å². The number of ether oxygens (including phenoxy) is 1. The van der Waals surface area contributed by atoms with Crippen LogP contribution in [0.15, 0.2) is 6.07 Å². The van der Waals surface area contributed by atoms with Gasteiger partial charge >= 0.3 is 18.2 Å². The van der Waals surface area contributed by atoms with Crippen molar-refractivity contribution in [1.82, 2.24) is 4.98 Å². The maximum atomic E-state index is 13.5. The molecule has 0 atom stereocenters. The highest BCUT2D eigenvalue weighted by molar-refractivity contribution is 5.72. The van der Waals surface area contributed by atoms with Crippen LogP contribution in [-0.4, -0.2) is 23.0 Å². The van der Waals surface area contributed by atoms with Crippen LogP contribution in [0.25, 0.3) is 0 Å². The predicted octanol–water partition coefficient (Wildman–Crippen LogP) is 1.78. The lowest BCUT2D eigenvalue weighted by Gasteiger charge is -2.04. The number of nitro groups is 1. The van der Waals surface area contributed by atoms with Crippen molar-refractivity contribution in [2.24, 2.45) is 0 Å². The number of halogens is 3. The lowest BCUT2D eigenvalue weighted by Crippen LogP contribution is -2.10. The molecule has 0 fully saturated rings. The Labute approximate surface area is 98.5 Å². The fraction of sp³-hybridized carbons (Fsp3) is 0.333. The van der Waals surface area contributed by atoms with E-state index in [0.29, 0.717) is 6.07 Å². The zero-order valence-corrected chi connectivity index (χ0v) is 9.02. The number of rotatable bonds is 4. The highest BCUT2D eigenvalue weighted by Gasteiger charge is 2.27. The topological polar surface area (TPSA) is 82.3 Å². The predicted molar refractivity (Wildman–Crippen MR) is 51.5 cm³/mol. The number of nitrogens with zero attached hydrogens (tertiary/aromatic N) is 2. The van der Waals surface area contributed by atoms with Crippen LogP contribution in [0.5, 0.6) is 0 Å². The Morgan fingerprint density at radius 1 is 1.61 bits per heavy atom. The molecule has 0 N–H and O–H groups in total. The number of pyridine rings is 1. The lowest BCUT2D eigenvalue weighted by atomic mass is 10.1. The molecule has 18 heavy (non-hydrogen) atoms. The van der Waals surface area contributed by atoms with E-state index in [2.05, 4.69) is 9.72 Å². The average molecular weight is 264 g/mol. The van der Waals surface area contributed by atoms with Gasteiger partial charge in [-0.25, -0.2) is 8.78 Å². The molecule has 0 aromatic carbocycles. The Bertz CT molecular complexity index is 493. The number of esters is 1. The minimum Gasteiger partial charge on any atom is -0.469 e. The summed E-state index contributed by atoms with van der Waals surface area (Å²) >= 11 is 0. The van der Waals surface area contributed by atoms with Crippen molar-refractivity contribution in [2.45, 2.75) is 12.8 Å². The van der Waals surface area contributed by atoms with E-state index in [1.54, 1.807) is 0 Å². The van der Waals surface area contributed by atoms with Crippen molar-refractivity contribution in [3.05, 3.63) is 33.3 Å². The fourth-order valence-corrected chi connectivity index (χ4v) is 1.18. The number of carbonyl (C=O) groups is 1. The molecule has 0 unspecified atom stereocenters. The van der Waals surface area contributed by atoms with Gasteiger partial charge in [-0.15, -0.1) is 0 Å². The first kappa shape index (κ1) is 13.9. The third-order valence-electron chi connectivity index (χ3n) is 1.99. The van der Waals surface area contributed by atoms with E-state index in [4.69, 9.17) is 0 Å². The summed E-state index contributed by atoms with van der Waals surface area (Å²) in [5.41, 5.74) is -1.53. The monoisotopic (exact) mass is 264 g/mol. The minimum absolute atomic E-state index is 0.557. The van der Waals surface area contributed by atoms with E-state index in [-0.39, 0.29) is 0 Å². The molecule has 1 rings (SSSR count). The molecule has 0 aliphatic carbocycles. The van der Waals surface area contributed by atoms with Crippen molar-refractivity contribution in [3.8, 4) is 0 Å². The van der Waals surface area contributed by atoms with Crippen LogP contribution in [0.3, 0.4) is 0 Å². The summed E-state index contributed by atoms with van der Waals surface area (Å²) in [5.74, 6) is -3.67. The van der Waals surface area contributed by atoms with Gasteiger partial charge in [0.2, 0.25) is 11.5 Å². The third kappa shape index (κ3) is 2.93. The molecule has 1 heterocycles. The molecule has 0 amide bonds. The second-order valence-electron chi connectivity index (χ2n) is 3.15. The van der Waals surface area contributed by atoms with Gasteiger partial charge in [0.25, 0.3) is 0 Å². The van der Waals surface area contributed by atoms with Gasteiger partial charge in [-0.2, -0.15) is 4.39 Å². The Kier molecular flexibility index (Phi) is 4.18. The van der Waals surface area contributed by atoms with E-state index in [1.807, 2.05) is 0 Å². The minimum atomic E-state index is -3.11. The highest BCUT2D eigenvalue weighted by atomic mass is 19.3. The van der Waals surface area contributed by atoms with E-state index >= 15 is 0 Å². The van der Waals surface area contributed by atoms with Crippen LogP contribution in [0.1, 0.15) is 17.7 Å². The Balaban J connectivity index is 3.31. The number of aromatic nitrogens is 1. The van der Waals surface area contributed by atoms with Crippen LogP contribution in [-0.2, 0) is 16.0 Å². The standard InChI is InChI=1S/C9H7F3N2O4/c1-18-6(15)3-4-2-5(8(11)12)13-9(7(4)10)14(16)17/h2,8H,3H2,1H3. The zero-order valence-electron chi connectivity index (χ0n) is 9.02. The second-order valence-corrected chi connectivity index (χ2v) is 3.15. The largest absolute Gasteiger partial charge is 0.469 e. The zero-order chi connectivity index (χ0) is 13.9. The fourth-order valence-electron chi connectivity index (χ4n) is 1.18. The molecule has 0 aliphatic heterocycles. The van der Waals surface area contributed by atoms with Crippen LogP contribution in [0.2, 0.25) is 0 Å². The molecule has 98 valence electrons. The van der Waals surface area contributed by atoms with Gasteiger partial charge in [0.05, 0.1) is 13.5 Å². The maximum Gasteiger partial charge on any atom is 0.400 e. The van der Waals surface area contributed by atoms with Crippen molar-refractivity contribution in [1.29, 1.82) is 0 Å². The quantitative estimate of drug-likeness (QED) is 0.470. The maximum absolute atomic E-state index is 13.5. The van der Waals surface area contributed by atoms with E-state index in [0.717, 1.165) is 7.11 Å². The molecule has 0 saturated carbocycles. The number of alkyl halides is 2. The number of carbonyl (C=O) groups excluding carboxylic acids is 1. The Morgan fingerprint density at radius 2 is 2.22 bits per heavy atom. The molecular weight excluding hydrogens is 257 g/mol. The third-order valence-corrected chi connectivity index (χ3v) is 1.99. The molecule has 0 saturated heterocycles. The number of hydrogen-bond acceptors (Lipinski definition) is 5. The van der Waals surface area contributed by atoms with Crippen molar-refractivity contribution in [3.63, 3.8) is 0 Å². The molecule has 1 aromatic heterocycles. The summed E-state index contributed by atoms with van der Waals surface area (Å²) in [7, 11) is 1.02. The van der Waals surface area contributed by atoms with Gasteiger partial charge in [-0.3, -0.25) is 4.79 Å². The van der Waals surface area contributed by atoms with E-state index in [1.165, 1.54) is 0 Å². The molecule has 1 aromatic rings. The summed E-state index contributed by atoms with van der Waals surface area (Å²) in [4.78, 5) is 23.0. The number of hydrogen-bond donors (Lipinski definition) is 0. The SMILES string of the molecule is COC(=O)Cc1cc(C(F)F)nc([N+](=O)[O-])c1F. The summed E-state index contributed by atoms with van der Waals surface area (Å²) in [6.45, 7) is 0. The highest BCUT2D eigenvalue weighted by Crippen LogP contribution is 2.25.